The molecule has 1 aliphatic rings. The van der Waals surface area contributed by atoms with Gasteiger partial charge in [0.2, 0.25) is 6.29 Å². The van der Waals surface area contributed by atoms with Crippen molar-refractivity contribution in [1.29, 1.82) is 0 Å². The second kappa shape index (κ2) is 4.97. The van der Waals surface area contributed by atoms with Crippen LogP contribution < -0.4 is 0 Å². The van der Waals surface area contributed by atoms with Gasteiger partial charge in [-0.2, -0.15) is 0 Å². The molecule has 84 valence electrons. The van der Waals surface area contributed by atoms with Gasteiger partial charge in [0, 0.05) is 11.8 Å². The summed E-state index contributed by atoms with van der Waals surface area (Å²) in [6.45, 7) is 2.90. The van der Waals surface area contributed by atoms with E-state index in [2.05, 4.69) is 10.0 Å². The van der Waals surface area contributed by atoms with Gasteiger partial charge < -0.3 is 14.6 Å². The quantitative estimate of drug-likeness (QED) is 0.317. The highest BCUT2D eigenvalue weighted by molar-refractivity contribution is 5.66. The molecule has 0 bridgehead atoms. The Morgan fingerprint density at radius 1 is 1.73 bits per heavy atom. The van der Waals surface area contributed by atoms with Crippen LogP contribution in [-0.4, -0.2) is 35.6 Å². The zero-order valence-corrected chi connectivity index (χ0v) is 8.53. The number of esters is 1. The number of ether oxygens (including phenoxy) is 2. The molecule has 7 nitrogen and oxygen atoms in total. The smallest absolute Gasteiger partial charge is 0.304 e. The van der Waals surface area contributed by atoms with Crippen molar-refractivity contribution in [3.63, 3.8) is 0 Å². The predicted molar refractivity (Wildman–Crippen MR) is 49.7 cm³/mol. The summed E-state index contributed by atoms with van der Waals surface area (Å²) in [6, 6.07) is -0.676. The molecule has 1 fully saturated rings. The minimum absolute atomic E-state index is 0.225. The molecule has 1 N–H and O–H groups in total. The fourth-order valence-electron chi connectivity index (χ4n) is 1.38. The molecule has 7 heteroatoms. The van der Waals surface area contributed by atoms with Gasteiger partial charge in [-0.1, -0.05) is 5.11 Å². The summed E-state index contributed by atoms with van der Waals surface area (Å²) >= 11 is 0. The van der Waals surface area contributed by atoms with Crippen LogP contribution in [0, 0.1) is 0 Å². The minimum atomic E-state index is -0.906. The Morgan fingerprint density at radius 3 is 2.93 bits per heavy atom. The second-order valence-electron chi connectivity index (χ2n) is 3.39. The maximum absolute atomic E-state index is 10.8. The Balaban J connectivity index is 2.71. The molecule has 1 heterocycles. The van der Waals surface area contributed by atoms with E-state index < -0.39 is 30.5 Å². The summed E-state index contributed by atoms with van der Waals surface area (Å²) in [6.07, 6.45) is -1.84. The number of hydrogen-bond donors (Lipinski definition) is 1. The van der Waals surface area contributed by atoms with E-state index in [1.165, 1.54) is 6.92 Å². The van der Waals surface area contributed by atoms with Crippen LogP contribution in [-0.2, 0) is 14.3 Å². The third-order valence-electron chi connectivity index (χ3n) is 2.17. The predicted octanol–water partition coefficient (Wildman–Crippen LogP) is 0.724. The van der Waals surface area contributed by atoms with Gasteiger partial charge in [-0.05, 0) is 18.9 Å². The maximum atomic E-state index is 10.8. The van der Waals surface area contributed by atoms with Crippen LogP contribution in [0.4, 0.5) is 0 Å². The molecule has 0 aliphatic carbocycles. The zero-order valence-electron chi connectivity index (χ0n) is 8.53. The van der Waals surface area contributed by atoms with E-state index in [1.54, 1.807) is 6.92 Å². The number of nitrogens with zero attached hydrogens (tertiary/aromatic N) is 3. The molecule has 1 saturated heterocycles. The molecule has 1 aliphatic heterocycles. The van der Waals surface area contributed by atoms with Crippen molar-refractivity contribution in [1.82, 2.24) is 0 Å². The van der Waals surface area contributed by atoms with E-state index in [0.29, 0.717) is 0 Å². The third-order valence-corrected chi connectivity index (χ3v) is 2.17. The maximum Gasteiger partial charge on any atom is 0.304 e. The van der Waals surface area contributed by atoms with E-state index in [1.807, 2.05) is 0 Å². The number of hydrogen-bond acceptors (Lipinski definition) is 5. The molecule has 0 radical (unpaired) electrons. The Kier molecular flexibility index (Phi) is 3.90. The average molecular weight is 215 g/mol. The van der Waals surface area contributed by atoms with Gasteiger partial charge in [0.25, 0.3) is 0 Å². The van der Waals surface area contributed by atoms with Crippen molar-refractivity contribution in [3.8, 4) is 0 Å². The van der Waals surface area contributed by atoms with Gasteiger partial charge >= 0.3 is 5.97 Å². The standard InChI is InChI=1S/C8H13N3O4/c1-4-7(13)3-6(10-11-9)8(14-4)15-5(2)12/h4,6-8,13H,3H2,1-2H3/t4-,6-,7+,8-/m1/s1. The molecule has 0 aromatic carbocycles. The number of aliphatic hydroxyl groups excluding tert-OH is 1. The van der Waals surface area contributed by atoms with Crippen molar-refractivity contribution < 1.29 is 19.4 Å². The Morgan fingerprint density at radius 2 is 2.40 bits per heavy atom. The lowest BCUT2D eigenvalue weighted by molar-refractivity contribution is -0.222. The van der Waals surface area contributed by atoms with Crippen molar-refractivity contribution in [2.45, 2.75) is 44.8 Å². The fraction of sp³-hybridized carbons (Fsp3) is 0.875. The lowest BCUT2D eigenvalue weighted by Crippen LogP contribution is -2.46. The number of rotatable bonds is 2. The first kappa shape index (κ1) is 11.8. The molecule has 0 amide bonds. The highest BCUT2D eigenvalue weighted by atomic mass is 16.7. The topological polar surface area (TPSA) is 105 Å². The lowest BCUT2D eigenvalue weighted by atomic mass is 10.0. The van der Waals surface area contributed by atoms with Crippen LogP contribution in [0.2, 0.25) is 0 Å². The Bertz CT molecular complexity index is 290. The monoisotopic (exact) mass is 215 g/mol. The second-order valence-corrected chi connectivity index (χ2v) is 3.39. The molecule has 15 heavy (non-hydrogen) atoms. The van der Waals surface area contributed by atoms with Crippen LogP contribution in [0.25, 0.3) is 10.4 Å². The first-order valence-electron chi connectivity index (χ1n) is 4.59. The molecule has 0 saturated carbocycles. The molecule has 4 atom stereocenters. The van der Waals surface area contributed by atoms with Crippen molar-refractivity contribution in [3.05, 3.63) is 10.4 Å². The Hall–Kier alpha value is -1.30. The van der Waals surface area contributed by atoms with Crippen LogP contribution in [0.1, 0.15) is 20.3 Å². The highest BCUT2D eigenvalue weighted by Crippen LogP contribution is 2.23. The van der Waals surface area contributed by atoms with E-state index >= 15 is 0 Å². The van der Waals surface area contributed by atoms with E-state index in [9.17, 15) is 9.90 Å². The fourth-order valence-corrected chi connectivity index (χ4v) is 1.38. The molecule has 1 rings (SSSR count). The van der Waals surface area contributed by atoms with Gasteiger partial charge in [0.15, 0.2) is 0 Å². The first-order valence-corrected chi connectivity index (χ1v) is 4.59. The average Bonchev–Trinajstić information content (AvgIpc) is 2.13. The van der Waals surface area contributed by atoms with E-state index in [-0.39, 0.29) is 6.42 Å². The molecule has 0 unspecified atom stereocenters. The molecule has 0 aromatic heterocycles. The largest absolute Gasteiger partial charge is 0.435 e. The van der Waals surface area contributed by atoms with E-state index in [4.69, 9.17) is 15.0 Å². The summed E-state index contributed by atoms with van der Waals surface area (Å²) in [5.74, 6) is -0.512. The van der Waals surface area contributed by atoms with Crippen LogP contribution in [0.15, 0.2) is 5.11 Å². The summed E-state index contributed by atoms with van der Waals surface area (Å²) in [4.78, 5) is 13.4. The molecular formula is C8H13N3O4. The minimum Gasteiger partial charge on any atom is -0.435 e. The van der Waals surface area contributed by atoms with E-state index in [0.717, 1.165) is 0 Å². The van der Waals surface area contributed by atoms with Crippen LogP contribution in [0.5, 0.6) is 0 Å². The number of carbonyl (C=O) groups is 1. The summed E-state index contributed by atoms with van der Waals surface area (Å²) in [5.41, 5.74) is 8.30. The van der Waals surface area contributed by atoms with Crippen LogP contribution >= 0.6 is 0 Å². The van der Waals surface area contributed by atoms with Gasteiger partial charge in [0.1, 0.15) is 6.04 Å². The summed E-state index contributed by atoms with van der Waals surface area (Å²) < 4.78 is 10.1. The molecular weight excluding hydrogens is 202 g/mol. The van der Waals surface area contributed by atoms with Crippen LogP contribution in [0.3, 0.4) is 0 Å². The first-order chi connectivity index (χ1) is 7.04. The molecule has 0 aromatic rings. The summed E-state index contributed by atoms with van der Waals surface area (Å²) in [5, 5.41) is 12.9. The normalized spacial score (nSPS) is 35.4. The molecule has 0 spiro atoms. The van der Waals surface area contributed by atoms with Gasteiger partial charge in [-0.3, -0.25) is 4.79 Å². The number of carbonyl (C=O) groups excluding carboxylic acids is 1. The summed E-state index contributed by atoms with van der Waals surface area (Å²) in [7, 11) is 0. The van der Waals surface area contributed by atoms with Crippen molar-refractivity contribution >= 4 is 5.97 Å². The van der Waals surface area contributed by atoms with Gasteiger partial charge in [-0.15, -0.1) is 0 Å². The Labute approximate surface area is 86.6 Å². The number of azide groups is 1. The van der Waals surface area contributed by atoms with Crippen molar-refractivity contribution in [2.75, 3.05) is 0 Å². The SMILES string of the molecule is CC(=O)O[C@H]1O[C@H](C)[C@@H](O)C[C@H]1N=[N+]=[N-]. The van der Waals surface area contributed by atoms with Gasteiger partial charge in [-0.25, -0.2) is 0 Å². The highest BCUT2D eigenvalue weighted by Gasteiger charge is 2.36. The third kappa shape index (κ3) is 3.09. The van der Waals surface area contributed by atoms with Crippen molar-refractivity contribution in [2.24, 2.45) is 5.11 Å². The number of aliphatic hydroxyl groups is 1. The lowest BCUT2D eigenvalue weighted by Gasteiger charge is -2.35. The van der Waals surface area contributed by atoms with Gasteiger partial charge in [0.05, 0.1) is 12.2 Å². The zero-order chi connectivity index (χ0) is 11.4.